The highest BCUT2D eigenvalue weighted by Gasteiger charge is 2.18. The molecule has 0 aliphatic carbocycles. The number of nitrogens with one attached hydrogen (secondary N) is 1. The van der Waals surface area contributed by atoms with E-state index in [9.17, 15) is 4.79 Å². The summed E-state index contributed by atoms with van der Waals surface area (Å²) in [4.78, 5) is 16.4. The van der Waals surface area contributed by atoms with Crippen molar-refractivity contribution in [3.63, 3.8) is 0 Å². The lowest BCUT2D eigenvalue weighted by Crippen LogP contribution is -2.26. The summed E-state index contributed by atoms with van der Waals surface area (Å²) in [5, 5.41) is 10.6. The molecule has 23 heavy (non-hydrogen) atoms. The summed E-state index contributed by atoms with van der Waals surface area (Å²) in [6.45, 7) is 5.39. The minimum Gasteiger partial charge on any atom is -0.436 e. The Morgan fingerprint density at radius 3 is 2.57 bits per heavy atom. The Morgan fingerprint density at radius 2 is 2.00 bits per heavy atom. The maximum absolute atomic E-state index is 12.2. The molecule has 3 aromatic rings. The molecular formula is C16H17N5O2. The van der Waals surface area contributed by atoms with E-state index in [0.29, 0.717) is 11.6 Å². The number of amides is 1. The number of nitrogens with zero attached hydrogens (tertiary/aromatic N) is 4. The Hall–Kier alpha value is -2.96. The molecule has 7 heteroatoms. The Morgan fingerprint density at radius 1 is 1.26 bits per heavy atom. The highest BCUT2D eigenvalue weighted by atomic mass is 16.4. The number of aromatic nitrogens is 4. The molecule has 3 rings (SSSR count). The summed E-state index contributed by atoms with van der Waals surface area (Å²) < 4.78 is 7.01. The molecule has 0 spiro atoms. The van der Waals surface area contributed by atoms with Crippen LogP contribution in [0, 0.1) is 13.8 Å². The maximum atomic E-state index is 12.2. The lowest BCUT2D eigenvalue weighted by Gasteiger charge is -2.14. The number of hydrogen-bond donors (Lipinski definition) is 1. The number of carbonyl (C=O) groups is 1. The molecule has 1 aromatic carbocycles. The largest absolute Gasteiger partial charge is 0.436 e. The normalized spacial score (nSPS) is 12.1. The molecule has 0 fully saturated rings. The van der Waals surface area contributed by atoms with Crippen LogP contribution in [0.3, 0.4) is 0 Å². The van der Waals surface area contributed by atoms with Crippen LogP contribution in [-0.4, -0.2) is 25.9 Å². The van der Waals surface area contributed by atoms with Gasteiger partial charge in [0.05, 0.1) is 29.8 Å². The fourth-order valence-corrected chi connectivity index (χ4v) is 2.35. The lowest BCUT2D eigenvalue weighted by molar-refractivity contribution is 0.0909. The van der Waals surface area contributed by atoms with E-state index in [0.717, 1.165) is 11.3 Å². The molecule has 1 N–H and O–H groups in total. The smallest absolute Gasteiger partial charge is 0.289 e. The van der Waals surface area contributed by atoms with Crippen LogP contribution in [0.5, 0.6) is 0 Å². The van der Waals surface area contributed by atoms with Gasteiger partial charge in [0, 0.05) is 6.92 Å². The van der Waals surface area contributed by atoms with Crippen LogP contribution in [0.25, 0.3) is 5.69 Å². The quantitative estimate of drug-likeness (QED) is 0.799. The third-order valence-corrected chi connectivity index (χ3v) is 3.54. The van der Waals surface area contributed by atoms with Crippen LogP contribution in [0.15, 0.2) is 41.1 Å². The first-order valence-corrected chi connectivity index (χ1v) is 7.26. The van der Waals surface area contributed by atoms with Gasteiger partial charge in [-0.25, -0.2) is 9.67 Å². The average Bonchev–Trinajstić information content (AvgIpc) is 3.17. The summed E-state index contributed by atoms with van der Waals surface area (Å²) in [5.41, 5.74) is 2.48. The van der Waals surface area contributed by atoms with Crippen molar-refractivity contribution < 1.29 is 9.21 Å². The molecule has 0 radical (unpaired) electrons. The Kier molecular flexibility index (Phi) is 3.92. The molecule has 0 aliphatic rings. The maximum Gasteiger partial charge on any atom is 0.289 e. The molecule has 2 aromatic heterocycles. The molecule has 118 valence electrons. The second-order valence-electron chi connectivity index (χ2n) is 5.28. The predicted molar refractivity (Wildman–Crippen MR) is 83.2 cm³/mol. The van der Waals surface area contributed by atoms with Crippen molar-refractivity contribution >= 4 is 5.91 Å². The van der Waals surface area contributed by atoms with E-state index in [-0.39, 0.29) is 17.7 Å². The molecule has 2 heterocycles. The van der Waals surface area contributed by atoms with Gasteiger partial charge >= 0.3 is 0 Å². The van der Waals surface area contributed by atoms with E-state index in [4.69, 9.17) is 4.42 Å². The zero-order valence-corrected chi connectivity index (χ0v) is 13.1. The van der Waals surface area contributed by atoms with Gasteiger partial charge in [-0.15, -0.1) is 5.10 Å². The van der Waals surface area contributed by atoms with Crippen molar-refractivity contribution in [2.24, 2.45) is 0 Å². The Bertz CT molecular complexity index is 806. The van der Waals surface area contributed by atoms with E-state index in [1.807, 2.05) is 31.2 Å². The van der Waals surface area contributed by atoms with Gasteiger partial charge < -0.3 is 9.73 Å². The van der Waals surface area contributed by atoms with E-state index >= 15 is 0 Å². The third kappa shape index (κ3) is 3.13. The highest BCUT2D eigenvalue weighted by Crippen LogP contribution is 2.17. The monoisotopic (exact) mass is 311 g/mol. The van der Waals surface area contributed by atoms with Gasteiger partial charge in [0.15, 0.2) is 5.89 Å². The van der Waals surface area contributed by atoms with Gasteiger partial charge in [-0.1, -0.05) is 17.3 Å². The number of carbonyl (C=O) groups excluding carboxylic acids is 1. The van der Waals surface area contributed by atoms with Gasteiger partial charge in [-0.2, -0.15) is 0 Å². The van der Waals surface area contributed by atoms with Crippen molar-refractivity contribution in [3.8, 4) is 5.69 Å². The van der Waals surface area contributed by atoms with Crippen LogP contribution in [0.4, 0.5) is 0 Å². The SMILES string of the molecule is Cc1nc(C)c(C(=O)NC(C)c2ccc(-n3ccnn3)cc2)o1. The molecule has 0 bridgehead atoms. The fraction of sp³-hybridized carbons (Fsp3) is 0.250. The van der Waals surface area contributed by atoms with Crippen LogP contribution < -0.4 is 5.32 Å². The van der Waals surface area contributed by atoms with Crippen LogP contribution in [0.1, 0.15) is 40.7 Å². The molecule has 0 saturated heterocycles. The van der Waals surface area contributed by atoms with Crippen molar-refractivity contribution in [2.75, 3.05) is 0 Å². The zero-order valence-electron chi connectivity index (χ0n) is 13.1. The minimum atomic E-state index is -0.268. The van der Waals surface area contributed by atoms with E-state index in [2.05, 4.69) is 20.6 Å². The van der Waals surface area contributed by atoms with E-state index in [1.165, 1.54) is 0 Å². The van der Waals surface area contributed by atoms with Crippen LogP contribution >= 0.6 is 0 Å². The zero-order chi connectivity index (χ0) is 16.4. The molecule has 1 atom stereocenters. The van der Waals surface area contributed by atoms with Crippen LogP contribution in [0.2, 0.25) is 0 Å². The summed E-state index contributed by atoms with van der Waals surface area (Å²) in [6.07, 6.45) is 3.40. The van der Waals surface area contributed by atoms with E-state index < -0.39 is 0 Å². The molecule has 0 saturated carbocycles. The third-order valence-electron chi connectivity index (χ3n) is 3.54. The number of rotatable bonds is 4. The molecule has 7 nitrogen and oxygen atoms in total. The molecule has 1 unspecified atom stereocenters. The van der Waals surface area contributed by atoms with Gasteiger partial charge in [0.1, 0.15) is 0 Å². The summed E-state index contributed by atoms with van der Waals surface area (Å²) >= 11 is 0. The summed E-state index contributed by atoms with van der Waals surface area (Å²) in [7, 11) is 0. The highest BCUT2D eigenvalue weighted by molar-refractivity contribution is 5.92. The minimum absolute atomic E-state index is 0.155. The molecular weight excluding hydrogens is 294 g/mol. The second-order valence-corrected chi connectivity index (χ2v) is 5.28. The number of benzene rings is 1. The molecule has 1 amide bonds. The first-order chi connectivity index (χ1) is 11.0. The van der Waals surface area contributed by atoms with Crippen molar-refractivity contribution in [1.29, 1.82) is 0 Å². The van der Waals surface area contributed by atoms with Gasteiger partial charge in [-0.05, 0) is 31.5 Å². The first-order valence-electron chi connectivity index (χ1n) is 7.26. The topological polar surface area (TPSA) is 85.8 Å². The van der Waals surface area contributed by atoms with Crippen molar-refractivity contribution in [2.45, 2.75) is 26.8 Å². The van der Waals surface area contributed by atoms with Crippen molar-refractivity contribution in [3.05, 3.63) is 59.6 Å². The fourth-order valence-electron chi connectivity index (χ4n) is 2.35. The van der Waals surface area contributed by atoms with Gasteiger partial charge in [-0.3, -0.25) is 4.79 Å². The average molecular weight is 311 g/mol. The van der Waals surface area contributed by atoms with Gasteiger partial charge in [0.25, 0.3) is 5.91 Å². The van der Waals surface area contributed by atoms with E-state index in [1.54, 1.807) is 30.9 Å². The molecule has 0 aliphatic heterocycles. The number of hydrogen-bond acceptors (Lipinski definition) is 5. The van der Waals surface area contributed by atoms with Crippen LogP contribution in [-0.2, 0) is 0 Å². The second kappa shape index (κ2) is 6.04. The standard InChI is InChI=1S/C16H17N5O2/c1-10(19-16(22)15-11(2)18-12(3)23-15)13-4-6-14(7-5-13)21-9-8-17-20-21/h4-10H,1-3H3,(H,19,22). The lowest BCUT2D eigenvalue weighted by atomic mass is 10.1. The van der Waals surface area contributed by atoms with Gasteiger partial charge in [0.2, 0.25) is 5.76 Å². The summed E-state index contributed by atoms with van der Waals surface area (Å²) in [5.74, 6) is 0.474. The first kappa shape index (κ1) is 15.0. The number of aryl methyl sites for hydroxylation is 2. The number of oxazole rings is 1. The predicted octanol–water partition coefficient (Wildman–Crippen LogP) is 2.36. The Balaban J connectivity index is 1.72. The van der Waals surface area contributed by atoms with Crippen molar-refractivity contribution in [1.82, 2.24) is 25.3 Å². The summed E-state index contributed by atoms with van der Waals surface area (Å²) in [6, 6.07) is 7.59. The Labute approximate surface area is 133 Å².